The van der Waals surface area contributed by atoms with E-state index in [1.54, 1.807) is 18.2 Å². The summed E-state index contributed by atoms with van der Waals surface area (Å²) < 4.78 is 13.6. The summed E-state index contributed by atoms with van der Waals surface area (Å²) in [7, 11) is 0. The predicted molar refractivity (Wildman–Crippen MR) is 92.4 cm³/mol. The van der Waals surface area contributed by atoms with Crippen molar-refractivity contribution in [1.82, 2.24) is 15.3 Å². The molecule has 128 valence electrons. The van der Waals surface area contributed by atoms with Gasteiger partial charge in [0.15, 0.2) is 0 Å². The molecule has 0 spiro atoms. The molecule has 1 aromatic carbocycles. The molecule has 24 heavy (non-hydrogen) atoms. The molecular weight excluding hydrogens is 307 g/mol. The summed E-state index contributed by atoms with van der Waals surface area (Å²) in [6.45, 7) is 5.35. The number of nitrogens with one attached hydrogen (secondary N) is 2. The molecule has 0 saturated heterocycles. The van der Waals surface area contributed by atoms with Crippen molar-refractivity contribution in [3.63, 3.8) is 0 Å². The molecule has 0 fully saturated rings. The Morgan fingerprint density at radius 3 is 2.75 bits per heavy atom. The van der Waals surface area contributed by atoms with E-state index in [0.717, 1.165) is 6.42 Å². The summed E-state index contributed by atoms with van der Waals surface area (Å²) in [4.78, 5) is 20.1. The van der Waals surface area contributed by atoms with Crippen LogP contribution in [-0.4, -0.2) is 29.0 Å². The molecule has 6 heteroatoms. The summed E-state index contributed by atoms with van der Waals surface area (Å²) >= 11 is 0. The van der Waals surface area contributed by atoms with Gasteiger partial charge in [-0.2, -0.15) is 0 Å². The fraction of sp³-hybridized carbons (Fsp3) is 0.389. The Bertz CT molecular complexity index is 676. The van der Waals surface area contributed by atoms with Gasteiger partial charge in [0.1, 0.15) is 23.7 Å². The summed E-state index contributed by atoms with van der Waals surface area (Å²) in [5.74, 6) is 0.657. The van der Waals surface area contributed by atoms with Gasteiger partial charge >= 0.3 is 0 Å². The van der Waals surface area contributed by atoms with E-state index in [4.69, 9.17) is 0 Å². The van der Waals surface area contributed by atoms with Gasteiger partial charge in [0, 0.05) is 19.2 Å². The van der Waals surface area contributed by atoms with Crippen molar-refractivity contribution >= 4 is 11.7 Å². The van der Waals surface area contributed by atoms with Crippen molar-refractivity contribution in [2.45, 2.75) is 26.7 Å². The molecule has 0 aliphatic carbocycles. The number of nitrogens with zero attached hydrogens (tertiary/aromatic N) is 2. The molecule has 2 N–H and O–H groups in total. The molecule has 2 rings (SSSR count). The Morgan fingerprint density at radius 2 is 2.00 bits per heavy atom. The average Bonchev–Trinajstić information content (AvgIpc) is 2.56. The highest BCUT2D eigenvalue weighted by atomic mass is 19.1. The third-order valence-corrected chi connectivity index (χ3v) is 3.57. The van der Waals surface area contributed by atoms with Gasteiger partial charge in [0.2, 0.25) is 0 Å². The SMILES string of the molecule is CC(C)CCNC(=O)c1cc(NCCc2ccccc2F)ncn1. The molecule has 0 radical (unpaired) electrons. The van der Waals surface area contributed by atoms with Gasteiger partial charge in [-0.05, 0) is 30.4 Å². The van der Waals surface area contributed by atoms with Crippen molar-refractivity contribution in [3.05, 3.63) is 53.7 Å². The Morgan fingerprint density at radius 1 is 1.21 bits per heavy atom. The Labute approximate surface area is 141 Å². The normalized spacial score (nSPS) is 10.7. The first kappa shape index (κ1) is 17.8. The van der Waals surface area contributed by atoms with Gasteiger partial charge in [-0.3, -0.25) is 4.79 Å². The van der Waals surface area contributed by atoms with E-state index in [-0.39, 0.29) is 11.7 Å². The predicted octanol–water partition coefficient (Wildman–Crippen LogP) is 3.05. The van der Waals surface area contributed by atoms with Gasteiger partial charge in [0.05, 0.1) is 0 Å². The van der Waals surface area contributed by atoms with Gasteiger partial charge in [0.25, 0.3) is 5.91 Å². The van der Waals surface area contributed by atoms with E-state index in [2.05, 4.69) is 34.4 Å². The third kappa shape index (κ3) is 5.61. The van der Waals surface area contributed by atoms with Gasteiger partial charge in [-0.15, -0.1) is 0 Å². The molecule has 0 saturated carbocycles. The van der Waals surface area contributed by atoms with Crippen LogP contribution in [0.5, 0.6) is 0 Å². The zero-order valence-corrected chi connectivity index (χ0v) is 14.1. The lowest BCUT2D eigenvalue weighted by Crippen LogP contribution is -2.26. The van der Waals surface area contributed by atoms with Gasteiger partial charge in [-0.1, -0.05) is 32.0 Å². The summed E-state index contributed by atoms with van der Waals surface area (Å²) in [6.07, 6.45) is 2.81. The van der Waals surface area contributed by atoms with E-state index in [0.29, 0.717) is 42.5 Å². The minimum Gasteiger partial charge on any atom is -0.370 e. The number of carbonyl (C=O) groups is 1. The van der Waals surface area contributed by atoms with Crippen LogP contribution in [0, 0.1) is 11.7 Å². The van der Waals surface area contributed by atoms with Crippen molar-refractivity contribution in [1.29, 1.82) is 0 Å². The number of halogens is 1. The van der Waals surface area contributed by atoms with Crippen LogP contribution >= 0.6 is 0 Å². The third-order valence-electron chi connectivity index (χ3n) is 3.57. The van der Waals surface area contributed by atoms with Crippen LogP contribution in [0.15, 0.2) is 36.7 Å². The Hall–Kier alpha value is -2.50. The van der Waals surface area contributed by atoms with E-state index >= 15 is 0 Å². The topological polar surface area (TPSA) is 66.9 Å². The number of benzene rings is 1. The number of carbonyl (C=O) groups excluding carboxylic acids is 1. The number of anilines is 1. The Kier molecular flexibility index (Phi) is 6.66. The highest BCUT2D eigenvalue weighted by molar-refractivity contribution is 5.92. The van der Waals surface area contributed by atoms with Crippen molar-refractivity contribution in [2.75, 3.05) is 18.4 Å². The average molecular weight is 330 g/mol. The molecule has 0 bridgehead atoms. The quantitative estimate of drug-likeness (QED) is 0.781. The summed E-state index contributed by atoms with van der Waals surface area (Å²) in [5, 5.41) is 5.93. The smallest absolute Gasteiger partial charge is 0.270 e. The lowest BCUT2D eigenvalue weighted by Gasteiger charge is -2.09. The minimum atomic E-state index is -0.216. The number of amides is 1. The second-order valence-corrected chi connectivity index (χ2v) is 6.00. The molecule has 0 aliphatic heterocycles. The molecule has 1 aromatic heterocycles. The molecular formula is C18H23FN4O. The second-order valence-electron chi connectivity index (χ2n) is 6.00. The largest absolute Gasteiger partial charge is 0.370 e. The number of aromatic nitrogens is 2. The number of hydrogen-bond acceptors (Lipinski definition) is 4. The van der Waals surface area contributed by atoms with E-state index in [1.165, 1.54) is 12.4 Å². The van der Waals surface area contributed by atoms with Crippen LogP contribution in [0.25, 0.3) is 0 Å². The van der Waals surface area contributed by atoms with Gasteiger partial charge < -0.3 is 10.6 Å². The summed E-state index contributed by atoms with van der Waals surface area (Å²) in [5.41, 5.74) is 0.966. The van der Waals surface area contributed by atoms with Crippen molar-refractivity contribution in [2.24, 2.45) is 5.92 Å². The molecule has 0 aliphatic rings. The maximum Gasteiger partial charge on any atom is 0.270 e. The van der Waals surface area contributed by atoms with E-state index < -0.39 is 0 Å². The van der Waals surface area contributed by atoms with Crippen LogP contribution in [0.1, 0.15) is 36.3 Å². The zero-order chi connectivity index (χ0) is 17.4. The van der Waals surface area contributed by atoms with Crippen molar-refractivity contribution < 1.29 is 9.18 Å². The van der Waals surface area contributed by atoms with Gasteiger partial charge in [-0.25, -0.2) is 14.4 Å². The van der Waals surface area contributed by atoms with Crippen LogP contribution in [0.3, 0.4) is 0 Å². The molecule has 0 unspecified atom stereocenters. The first-order valence-corrected chi connectivity index (χ1v) is 8.14. The van der Waals surface area contributed by atoms with Crippen molar-refractivity contribution in [3.8, 4) is 0 Å². The van der Waals surface area contributed by atoms with Crippen LogP contribution in [0.4, 0.5) is 10.2 Å². The maximum atomic E-state index is 13.6. The first-order chi connectivity index (χ1) is 11.6. The van der Waals surface area contributed by atoms with E-state index in [9.17, 15) is 9.18 Å². The minimum absolute atomic E-state index is 0.213. The lowest BCUT2D eigenvalue weighted by atomic mass is 10.1. The van der Waals surface area contributed by atoms with Crippen LogP contribution in [0.2, 0.25) is 0 Å². The Balaban J connectivity index is 1.86. The molecule has 5 nitrogen and oxygen atoms in total. The lowest BCUT2D eigenvalue weighted by molar-refractivity contribution is 0.0947. The second kappa shape index (κ2) is 8.96. The maximum absolute atomic E-state index is 13.6. The highest BCUT2D eigenvalue weighted by Crippen LogP contribution is 2.09. The molecule has 2 aromatic rings. The number of hydrogen-bond donors (Lipinski definition) is 2. The fourth-order valence-electron chi connectivity index (χ4n) is 2.17. The van der Waals surface area contributed by atoms with E-state index in [1.807, 2.05) is 6.07 Å². The van der Waals surface area contributed by atoms with Crippen LogP contribution in [-0.2, 0) is 6.42 Å². The molecule has 1 amide bonds. The summed E-state index contributed by atoms with van der Waals surface area (Å²) in [6, 6.07) is 8.28. The molecule has 0 atom stereocenters. The first-order valence-electron chi connectivity index (χ1n) is 8.14. The number of rotatable bonds is 8. The zero-order valence-electron chi connectivity index (χ0n) is 14.1. The molecule has 1 heterocycles. The highest BCUT2D eigenvalue weighted by Gasteiger charge is 2.08. The fourth-order valence-corrected chi connectivity index (χ4v) is 2.17. The van der Waals surface area contributed by atoms with Crippen LogP contribution < -0.4 is 10.6 Å². The standard InChI is InChI=1S/C18H23FN4O/c1-13(2)7-9-21-18(24)16-11-17(23-12-22-16)20-10-8-14-5-3-4-6-15(14)19/h3-6,11-13H,7-10H2,1-2H3,(H,21,24)(H,20,22,23). The monoisotopic (exact) mass is 330 g/mol.